The van der Waals surface area contributed by atoms with Gasteiger partial charge in [0.2, 0.25) is 0 Å². The highest BCUT2D eigenvalue weighted by molar-refractivity contribution is 5.56. The molecule has 1 unspecified atom stereocenters. The summed E-state index contributed by atoms with van der Waals surface area (Å²) in [5.74, 6) is -0.916. The molecule has 0 rings (SSSR count). The molecule has 0 aliphatic carbocycles. The summed E-state index contributed by atoms with van der Waals surface area (Å²) in [5, 5.41) is 2.74. The maximum absolute atomic E-state index is 10.1. The molecule has 0 fully saturated rings. The summed E-state index contributed by atoms with van der Waals surface area (Å²) in [4.78, 5) is 10.1. The van der Waals surface area contributed by atoms with Crippen LogP contribution in [0, 0.1) is 0 Å². The Balaban J connectivity index is 3.75. The molecule has 0 saturated heterocycles. The minimum absolute atomic E-state index is 0.282. The van der Waals surface area contributed by atoms with E-state index in [0.29, 0.717) is 6.42 Å². The number of nitrogens with one attached hydrogen (secondary N) is 1. The van der Waals surface area contributed by atoms with Crippen molar-refractivity contribution in [3.63, 3.8) is 0 Å². The van der Waals surface area contributed by atoms with Crippen molar-refractivity contribution in [1.82, 2.24) is 5.32 Å². The van der Waals surface area contributed by atoms with Gasteiger partial charge in [0.1, 0.15) is 12.1 Å². The summed E-state index contributed by atoms with van der Waals surface area (Å²) in [7, 11) is 0. The molecule has 0 aromatic heterocycles. The second-order valence-electron chi connectivity index (χ2n) is 2.46. The molecule has 0 aliphatic rings. The number of rotatable bonds is 4. The first kappa shape index (κ1) is 9.55. The summed E-state index contributed by atoms with van der Waals surface area (Å²) in [6, 6.07) is -0.282. The molecule has 60 valence electrons. The van der Waals surface area contributed by atoms with Crippen LogP contribution in [0.4, 0.5) is 0 Å². The Labute approximate surface area is 61.0 Å². The highest BCUT2D eigenvalue weighted by Gasteiger charge is 2.17. The van der Waals surface area contributed by atoms with E-state index >= 15 is 0 Å². The van der Waals surface area contributed by atoms with Crippen molar-refractivity contribution in [2.24, 2.45) is 11.5 Å². The Kier molecular flexibility index (Phi) is 3.49. The molecule has 0 amide bonds. The number of carbonyl (C=O) groups is 1. The Hall–Kier alpha value is -0.450. The molecule has 0 bridgehead atoms. The van der Waals surface area contributed by atoms with E-state index in [0.717, 1.165) is 6.29 Å². The van der Waals surface area contributed by atoms with Crippen LogP contribution in [0.15, 0.2) is 0 Å². The molecule has 5 N–H and O–H groups in total. The SMILES string of the molecule is CCC(N)(N)NC(C)C=O. The van der Waals surface area contributed by atoms with Crippen LogP contribution < -0.4 is 16.8 Å². The van der Waals surface area contributed by atoms with Gasteiger partial charge in [-0.15, -0.1) is 0 Å². The first-order chi connectivity index (χ1) is 4.52. The first-order valence-electron chi connectivity index (χ1n) is 3.32. The lowest BCUT2D eigenvalue weighted by Gasteiger charge is -2.25. The van der Waals surface area contributed by atoms with E-state index < -0.39 is 5.79 Å². The Morgan fingerprint density at radius 2 is 2.20 bits per heavy atom. The Morgan fingerprint density at radius 3 is 2.50 bits per heavy atom. The van der Waals surface area contributed by atoms with Crippen LogP contribution in [0.3, 0.4) is 0 Å². The van der Waals surface area contributed by atoms with Gasteiger partial charge >= 0.3 is 0 Å². The lowest BCUT2D eigenvalue weighted by atomic mass is 10.2. The molecule has 10 heavy (non-hydrogen) atoms. The minimum atomic E-state index is -0.916. The van der Waals surface area contributed by atoms with E-state index in [-0.39, 0.29) is 6.04 Å². The molecule has 4 heteroatoms. The van der Waals surface area contributed by atoms with Crippen LogP contribution in [0.2, 0.25) is 0 Å². The van der Waals surface area contributed by atoms with Gasteiger partial charge in [0, 0.05) is 0 Å². The second kappa shape index (κ2) is 3.65. The normalized spacial score (nSPS) is 14.8. The van der Waals surface area contributed by atoms with Crippen LogP contribution in [0.5, 0.6) is 0 Å². The lowest BCUT2D eigenvalue weighted by Crippen LogP contribution is -2.63. The van der Waals surface area contributed by atoms with E-state index in [9.17, 15) is 4.79 Å². The molecule has 0 aromatic carbocycles. The van der Waals surface area contributed by atoms with Crippen LogP contribution >= 0.6 is 0 Å². The third-order valence-corrected chi connectivity index (χ3v) is 1.29. The molecule has 0 aromatic rings. The van der Waals surface area contributed by atoms with E-state index in [1.807, 2.05) is 6.92 Å². The smallest absolute Gasteiger partial charge is 0.136 e. The van der Waals surface area contributed by atoms with Crippen LogP contribution in [-0.2, 0) is 4.79 Å². The van der Waals surface area contributed by atoms with Gasteiger partial charge in [0.05, 0.1) is 6.04 Å². The van der Waals surface area contributed by atoms with E-state index in [4.69, 9.17) is 11.5 Å². The Bertz CT molecular complexity index is 114. The zero-order chi connectivity index (χ0) is 8.20. The third kappa shape index (κ3) is 3.55. The van der Waals surface area contributed by atoms with Crippen LogP contribution in [0.1, 0.15) is 20.3 Å². The lowest BCUT2D eigenvalue weighted by molar-refractivity contribution is -0.109. The zero-order valence-electron chi connectivity index (χ0n) is 6.42. The quantitative estimate of drug-likeness (QED) is 0.355. The largest absolute Gasteiger partial charge is 0.302 e. The highest BCUT2D eigenvalue weighted by atomic mass is 16.1. The van der Waals surface area contributed by atoms with Crippen molar-refractivity contribution in [3.05, 3.63) is 0 Å². The van der Waals surface area contributed by atoms with Crippen molar-refractivity contribution in [2.75, 3.05) is 0 Å². The second-order valence-corrected chi connectivity index (χ2v) is 2.46. The maximum Gasteiger partial charge on any atom is 0.136 e. The summed E-state index contributed by atoms with van der Waals surface area (Å²) in [6.07, 6.45) is 1.36. The number of hydrogen-bond acceptors (Lipinski definition) is 4. The van der Waals surface area contributed by atoms with Gasteiger partial charge in [0.25, 0.3) is 0 Å². The summed E-state index contributed by atoms with van der Waals surface area (Å²) in [5.41, 5.74) is 11.0. The van der Waals surface area contributed by atoms with Crippen molar-refractivity contribution in [3.8, 4) is 0 Å². The average Bonchev–Trinajstić information content (AvgIpc) is 1.87. The molecule has 0 radical (unpaired) electrons. The summed E-state index contributed by atoms with van der Waals surface area (Å²) >= 11 is 0. The van der Waals surface area contributed by atoms with Gasteiger partial charge in [-0.3, -0.25) is 5.32 Å². The molecule has 1 atom stereocenters. The summed E-state index contributed by atoms with van der Waals surface area (Å²) < 4.78 is 0. The van der Waals surface area contributed by atoms with E-state index in [2.05, 4.69) is 5.32 Å². The predicted molar refractivity (Wildman–Crippen MR) is 40.1 cm³/mol. The van der Waals surface area contributed by atoms with Crippen LogP contribution in [0.25, 0.3) is 0 Å². The van der Waals surface area contributed by atoms with E-state index in [1.165, 1.54) is 0 Å². The molecule has 4 nitrogen and oxygen atoms in total. The van der Waals surface area contributed by atoms with E-state index in [1.54, 1.807) is 6.92 Å². The fourth-order valence-electron chi connectivity index (χ4n) is 0.560. The third-order valence-electron chi connectivity index (χ3n) is 1.29. The monoisotopic (exact) mass is 145 g/mol. The first-order valence-corrected chi connectivity index (χ1v) is 3.32. The summed E-state index contributed by atoms with van der Waals surface area (Å²) in [6.45, 7) is 3.56. The van der Waals surface area contributed by atoms with Gasteiger partial charge in [-0.1, -0.05) is 6.92 Å². The molecule has 0 heterocycles. The molecule has 0 spiro atoms. The highest BCUT2D eigenvalue weighted by Crippen LogP contribution is 1.92. The number of nitrogens with two attached hydrogens (primary N) is 2. The van der Waals surface area contributed by atoms with Crippen molar-refractivity contribution < 1.29 is 4.79 Å². The number of carbonyl (C=O) groups excluding carboxylic acids is 1. The topological polar surface area (TPSA) is 81.1 Å². The molecular formula is C6H15N3O. The zero-order valence-corrected chi connectivity index (χ0v) is 6.42. The molecule has 0 saturated carbocycles. The van der Waals surface area contributed by atoms with Gasteiger partial charge in [-0.2, -0.15) is 0 Å². The van der Waals surface area contributed by atoms with Gasteiger partial charge in [-0.25, -0.2) is 0 Å². The van der Waals surface area contributed by atoms with Crippen molar-refractivity contribution >= 4 is 6.29 Å². The predicted octanol–water partition coefficient (Wildman–Crippen LogP) is -0.855. The Morgan fingerprint density at radius 1 is 1.70 bits per heavy atom. The number of hydrogen-bond donors (Lipinski definition) is 3. The van der Waals surface area contributed by atoms with Crippen molar-refractivity contribution in [2.45, 2.75) is 32.1 Å². The standard InChI is InChI=1S/C6H15N3O/c1-3-6(7,8)9-5(2)4-10/h4-5,9H,3,7-8H2,1-2H3. The maximum atomic E-state index is 10.1. The fraction of sp³-hybridized carbons (Fsp3) is 0.833. The fourth-order valence-corrected chi connectivity index (χ4v) is 0.560. The molecule has 0 aliphatic heterocycles. The minimum Gasteiger partial charge on any atom is -0.302 e. The van der Waals surface area contributed by atoms with Gasteiger partial charge in [-0.05, 0) is 13.3 Å². The van der Waals surface area contributed by atoms with Gasteiger partial charge < -0.3 is 16.3 Å². The van der Waals surface area contributed by atoms with Crippen LogP contribution in [-0.4, -0.2) is 18.1 Å². The average molecular weight is 145 g/mol. The van der Waals surface area contributed by atoms with Crippen molar-refractivity contribution in [1.29, 1.82) is 0 Å². The number of aldehydes is 1. The molecular weight excluding hydrogens is 130 g/mol. The van der Waals surface area contributed by atoms with Gasteiger partial charge in [0.15, 0.2) is 0 Å².